The predicted molar refractivity (Wildman–Crippen MR) is 69.6 cm³/mol. The van der Waals surface area contributed by atoms with Gasteiger partial charge in [-0.05, 0) is 31.4 Å². The Morgan fingerprint density at radius 1 is 1.24 bits per heavy atom. The van der Waals surface area contributed by atoms with Crippen LogP contribution in [0, 0.1) is 0 Å². The number of aromatic nitrogens is 2. The highest BCUT2D eigenvalue weighted by Crippen LogP contribution is 2.16. The van der Waals surface area contributed by atoms with Crippen molar-refractivity contribution in [1.82, 2.24) is 9.78 Å². The second kappa shape index (κ2) is 5.64. The van der Waals surface area contributed by atoms with E-state index in [4.69, 9.17) is 5.73 Å². The zero-order valence-electron chi connectivity index (χ0n) is 10.2. The third-order valence-corrected chi connectivity index (χ3v) is 3.04. The van der Waals surface area contributed by atoms with E-state index in [-0.39, 0.29) is 6.04 Å². The predicted octanol–water partition coefficient (Wildman–Crippen LogP) is 2.54. The molecule has 1 heterocycles. The molecule has 3 heteroatoms. The van der Waals surface area contributed by atoms with E-state index in [0.29, 0.717) is 0 Å². The van der Waals surface area contributed by atoms with E-state index < -0.39 is 0 Å². The molecule has 0 fully saturated rings. The average Bonchev–Trinajstić information content (AvgIpc) is 2.84. The van der Waals surface area contributed by atoms with Crippen LogP contribution in [0.1, 0.15) is 30.6 Å². The van der Waals surface area contributed by atoms with Gasteiger partial charge in [-0.15, -0.1) is 0 Å². The number of nitrogens with two attached hydrogens (primary N) is 1. The van der Waals surface area contributed by atoms with Crippen LogP contribution in [0.3, 0.4) is 0 Å². The maximum absolute atomic E-state index is 6.17. The van der Waals surface area contributed by atoms with Crippen molar-refractivity contribution in [2.75, 3.05) is 0 Å². The van der Waals surface area contributed by atoms with Crippen molar-refractivity contribution in [1.29, 1.82) is 0 Å². The van der Waals surface area contributed by atoms with Crippen LogP contribution in [-0.4, -0.2) is 9.78 Å². The molecule has 0 radical (unpaired) electrons. The van der Waals surface area contributed by atoms with Crippen molar-refractivity contribution < 1.29 is 0 Å². The van der Waals surface area contributed by atoms with Crippen molar-refractivity contribution >= 4 is 0 Å². The van der Waals surface area contributed by atoms with Gasteiger partial charge in [-0.2, -0.15) is 5.10 Å². The molecular formula is C14H19N3. The Morgan fingerprint density at radius 2 is 2.00 bits per heavy atom. The third kappa shape index (κ3) is 2.94. The Bertz CT molecular complexity index is 448. The van der Waals surface area contributed by atoms with Crippen LogP contribution >= 0.6 is 0 Å². The summed E-state index contributed by atoms with van der Waals surface area (Å²) in [5.41, 5.74) is 8.64. The summed E-state index contributed by atoms with van der Waals surface area (Å²) in [6, 6.07) is 12.4. The molecule has 0 amide bonds. The van der Waals surface area contributed by atoms with E-state index in [0.717, 1.165) is 19.4 Å². The Hall–Kier alpha value is -1.61. The lowest BCUT2D eigenvalue weighted by molar-refractivity contribution is 0.580. The Morgan fingerprint density at radius 3 is 2.71 bits per heavy atom. The Kier molecular flexibility index (Phi) is 3.94. The summed E-state index contributed by atoms with van der Waals surface area (Å²) >= 11 is 0. The largest absolute Gasteiger partial charge is 0.324 e. The molecule has 0 aliphatic rings. The van der Waals surface area contributed by atoms with Gasteiger partial charge >= 0.3 is 0 Å². The number of hydrogen-bond donors (Lipinski definition) is 1. The minimum absolute atomic E-state index is 0.108. The standard InChI is InChI=1S/C14H19N3/c1-2-17-13(10-11-16-17)8-9-14(15)12-6-4-3-5-7-12/h3-7,10-11,14H,2,8-9,15H2,1H3. The van der Waals surface area contributed by atoms with Gasteiger partial charge < -0.3 is 5.73 Å². The summed E-state index contributed by atoms with van der Waals surface area (Å²) in [5, 5.41) is 4.26. The number of rotatable bonds is 5. The van der Waals surface area contributed by atoms with Crippen molar-refractivity contribution in [2.45, 2.75) is 32.4 Å². The molecule has 0 saturated heterocycles. The smallest absolute Gasteiger partial charge is 0.0492 e. The first kappa shape index (κ1) is 11.9. The molecule has 90 valence electrons. The highest BCUT2D eigenvalue weighted by Gasteiger charge is 2.07. The first-order valence-electron chi connectivity index (χ1n) is 6.12. The molecule has 0 spiro atoms. The van der Waals surface area contributed by atoms with Gasteiger partial charge in [0.15, 0.2) is 0 Å². The van der Waals surface area contributed by atoms with Crippen LogP contribution in [0.25, 0.3) is 0 Å². The summed E-state index contributed by atoms with van der Waals surface area (Å²) in [7, 11) is 0. The fourth-order valence-corrected chi connectivity index (χ4v) is 2.03. The van der Waals surface area contributed by atoms with Crippen molar-refractivity contribution in [3.05, 3.63) is 53.9 Å². The van der Waals surface area contributed by atoms with E-state index >= 15 is 0 Å². The third-order valence-electron chi connectivity index (χ3n) is 3.04. The van der Waals surface area contributed by atoms with Crippen LogP contribution in [0.15, 0.2) is 42.6 Å². The molecule has 0 bridgehead atoms. The van der Waals surface area contributed by atoms with Gasteiger partial charge in [-0.1, -0.05) is 30.3 Å². The maximum atomic E-state index is 6.17. The zero-order chi connectivity index (χ0) is 12.1. The molecule has 2 N–H and O–H groups in total. The van der Waals surface area contributed by atoms with Crippen molar-refractivity contribution in [3.63, 3.8) is 0 Å². The number of hydrogen-bond acceptors (Lipinski definition) is 2. The van der Waals surface area contributed by atoms with Gasteiger partial charge in [0.2, 0.25) is 0 Å². The molecule has 17 heavy (non-hydrogen) atoms. The van der Waals surface area contributed by atoms with Gasteiger partial charge in [0.05, 0.1) is 0 Å². The summed E-state index contributed by atoms with van der Waals surface area (Å²) < 4.78 is 2.03. The van der Waals surface area contributed by atoms with Gasteiger partial charge in [0, 0.05) is 24.5 Å². The van der Waals surface area contributed by atoms with E-state index in [1.807, 2.05) is 29.1 Å². The van der Waals surface area contributed by atoms with Gasteiger partial charge in [0.1, 0.15) is 0 Å². The maximum Gasteiger partial charge on any atom is 0.0492 e. The zero-order valence-corrected chi connectivity index (χ0v) is 10.2. The highest BCUT2D eigenvalue weighted by molar-refractivity contribution is 5.18. The second-order valence-corrected chi connectivity index (χ2v) is 4.19. The summed E-state index contributed by atoms with van der Waals surface area (Å²) in [6.45, 7) is 3.02. The summed E-state index contributed by atoms with van der Waals surface area (Å²) in [4.78, 5) is 0. The number of aryl methyl sites for hydroxylation is 2. The summed E-state index contributed by atoms with van der Waals surface area (Å²) in [6.07, 6.45) is 3.78. The average molecular weight is 229 g/mol. The molecule has 2 aromatic rings. The molecule has 1 aromatic carbocycles. The van der Waals surface area contributed by atoms with Crippen LogP contribution < -0.4 is 5.73 Å². The molecule has 0 aliphatic carbocycles. The Labute approximate surface area is 102 Å². The lowest BCUT2D eigenvalue weighted by Gasteiger charge is -2.12. The Balaban J connectivity index is 1.95. The monoisotopic (exact) mass is 229 g/mol. The van der Waals surface area contributed by atoms with Crippen LogP contribution in [0.4, 0.5) is 0 Å². The quantitative estimate of drug-likeness (QED) is 0.856. The molecule has 3 nitrogen and oxygen atoms in total. The van der Waals surface area contributed by atoms with E-state index in [1.165, 1.54) is 11.3 Å². The molecule has 2 rings (SSSR count). The normalized spacial score (nSPS) is 12.6. The minimum atomic E-state index is 0.108. The number of nitrogens with zero attached hydrogens (tertiary/aromatic N) is 2. The molecule has 0 saturated carbocycles. The fourth-order valence-electron chi connectivity index (χ4n) is 2.03. The van der Waals surface area contributed by atoms with Crippen molar-refractivity contribution in [3.8, 4) is 0 Å². The topological polar surface area (TPSA) is 43.8 Å². The highest BCUT2D eigenvalue weighted by atomic mass is 15.3. The van der Waals surface area contributed by atoms with Gasteiger partial charge in [0.25, 0.3) is 0 Å². The fraction of sp³-hybridized carbons (Fsp3) is 0.357. The molecule has 1 atom stereocenters. The van der Waals surface area contributed by atoms with Gasteiger partial charge in [-0.25, -0.2) is 0 Å². The van der Waals surface area contributed by atoms with Gasteiger partial charge in [-0.3, -0.25) is 4.68 Å². The van der Waals surface area contributed by atoms with Crippen LogP contribution in [-0.2, 0) is 13.0 Å². The molecule has 1 unspecified atom stereocenters. The SMILES string of the molecule is CCn1nccc1CCC(N)c1ccccc1. The van der Waals surface area contributed by atoms with Crippen LogP contribution in [0.5, 0.6) is 0 Å². The second-order valence-electron chi connectivity index (χ2n) is 4.19. The van der Waals surface area contributed by atoms with Crippen molar-refractivity contribution in [2.24, 2.45) is 5.73 Å². The van der Waals surface area contributed by atoms with E-state index in [2.05, 4.69) is 30.2 Å². The van der Waals surface area contributed by atoms with Crippen LogP contribution in [0.2, 0.25) is 0 Å². The first-order chi connectivity index (χ1) is 8.31. The lowest BCUT2D eigenvalue weighted by atomic mass is 10.0. The minimum Gasteiger partial charge on any atom is -0.324 e. The summed E-state index contributed by atoms with van der Waals surface area (Å²) in [5.74, 6) is 0. The molecule has 0 aliphatic heterocycles. The first-order valence-corrected chi connectivity index (χ1v) is 6.12. The lowest BCUT2D eigenvalue weighted by Crippen LogP contribution is -2.12. The van der Waals surface area contributed by atoms with E-state index in [1.54, 1.807) is 0 Å². The van der Waals surface area contributed by atoms with E-state index in [9.17, 15) is 0 Å². The molecule has 1 aromatic heterocycles. The number of benzene rings is 1. The molecular weight excluding hydrogens is 210 g/mol.